The van der Waals surface area contributed by atoms with E-state index < -0.39 is 22.0 Å². The van der Waals surface area contributed by atoms with Gasteiger partial charge in [0.15, 0.2) is 0 Å². The Bertz CT molecular complexity index is 1100. The number of rotatable bonds is 10. The predicted molar refractivity (Wildman–Crippen MR) is 129 cm³/mol. The number of anilines is 1. The van der Waals surface area contributed by atoms with Crippen molar-refractivity contribution in [1.29, 1.82) is 0 Å². The molecule has 1 atom stereocenters. The van der Waals surface area contributed by atoms with Crippen LogP contribution in [0.2, 0.25) is 0 Å². The molecular weight excluding hydrogens is 442 g/mol. The second kappa shape index (κ2) is 11.3. The Hall–Kier alpha value is -2.91. The van der Waals surface area contributed by atoms with Gasteiger partial charge in [-0.15, -0.1) is 0 Å². The number of phenols is 1. The van der Waals surface area contributed by atoms with Crippen molar-refractivity contribution >= 4 is 27.5 Å². The number of carbonyl (C=O) groups is 2. The first-order chi connectivity index (χ1) is 15.5. The van der Waals surface area contributed by atoms with E-state index in [2.05, 4.69) is 10.6 Å². The van der Waals surface area contributed by atoms with Crippen molar-refractivity contribution in [2.24, 2.45) is 5.92 Å². The molecule has 0 radical (unpaired) electrons. The number of nitrogens with one attached hydrogen (secondary N) is 2. The fourth-order valence-corrected chi connectivity index (χ4v) is 4.96. The van der Waals surface area contributed by atoms with Crippen LogP contribution in [0, 0.1) is 12.8 Å². The molecule has 0 aliphatic carbocycles. The zero-order valence-corrected chi connectivity index (χ0v) is 20.6. The number of carbonyl (C=O) groups excluding carboxylic acids is 2. The van der Waals surface area contributed by atoms with Crippen LogP contribution < -0.4 is 10.6 Å². The minimum absolute atomic E-state index is 0.0351. The molecule has 0 aliphatic heterocycles. The van der Waals surface area contributed by atoms with Gasteiger partial charge in [0.2, 0.25) is 15.9 Å². The van der Waals surface area contributed by atoms with Crippen LogP contribution in [-0.4, -0.2) is 48.8 Å². The van der Waals surface area contributed by atoms with E-state index in [0.717, 1.165) is 5.56 Å². The molecule has 2 amide bonds. The number of nitrogens with zero attached hydrogens (tertiary/aromatic N) is 1. The number of aryl methyl sites for hydroxylation is 1. The highest BCUT2D eigenvalue weighted by molar-refractivity contribution is 7.89. The molecule has 0 fully saturated rings. The van der Waals surface area contributed by atoms with Gasteiger partial charge in [-0.2, -0.15) is 4.31 Å². The van der Waals surface area contributed by atoms with Gasteiger partial charge in [0.05, 0.1) is 10.6 Å². The van der Waals surface area contributed by atoms with Gasteiger partial charge in [-0.05, 0) is 49.1 Å². The van der Waals surface area contributed by atoms with Crippen molar-refractivity contribution in [2.75, 3.05) is 18.4 Å². The van der Waals surface area contributed by atoms with E-state index in [4.69, 9.17) is 0 Å². The normalized spacial score (nSPS) is 12.6. The van der Waals surface area contributed by atoms with E-state index in [0.29, 0.717) is 25.1 Å². The molecular formula is C24H33N3O5S. The zero-order chi connectivity index (χ0) is 24.8. The fourth-order valence-electron chi connectivity index (χ4n) is 3.47. The lowest BCUT2D eigenvalue weighted by molar-refractivity contribution is -0.118. The van der Waals surface area contributed by atoms with E-state index in [-0.39, 0.29) is 28.2 Å². The van der Waals surface area contributed by atoms with Crippen LogP contribution in [0.4, 0.5) is 5.69 Å². The maximum absolute atomic E-state index is 13.1. The third-order valence-corrected chi connectivity index (χ3v) is 7.33. The van der Waals surface area contributed by atoms with Crippen LogP contribution in [0.1, 0.15) is 50.0 Å². The van der Waals surface area contributed by atoms with Gasteiger partial charge in [-0.1, -0.05) is 45.9 Å². The van der Waals surface area contributed by atoms with Crippen LogP contribution in [0.15, 0.2) is 47.4 Å². The Balaban J connectivity index is 2.30. The lowest BCUT2D eigenvalue weighted by atomic mass is 10.0. The minimum atomic E-state index is -3.77. The van der Waals surface area contributed by atoms with Gasteiger partial charge in [0, 0.05) is 18.7 Å². The summed E-state index contributed by atoms with van der Waals surface area (Å²) in [6.45, 7) is 9.72. The summed E-state index contributed by atoms with van der Waals surface area (Å²) in [6, 6.07) is 9.95. The third-order valence-electron chi connectivity index (χ3n) is 5.29. The fraction of sp³-hybridized carbons (Fsp3) is 0.417. The van der Waals surface area contributed by atoms with Crippen molar-refractivity contribution in [3.05, 3.63) is 53.6 Å². The van der Waals surface area contributed by atoms with Crippen LogP contribution in [0.25, 0.3) is 0 Å². The maximum Gasteiger partial charge on any atom is 0.252 e. The maximum atomic E-state index is 13.1. The molecule has 0 heterocycles. The first-order valence-corrected chi connectivity index (χ1v) is 12.5. The molecule has 1 unspecified atom stereocenters. The molecule has 9 heteroatoms. The molecule has 0 aliphatic rings. The standard InChI is InChI=1S/C24H33N3O5S/c1-6-27(7-2)33(31,32)18-12-13-22(28)20(15-18)25-24(30)21(14-16(3)4)26-23(29)19-11-9-8-10-17(19)5/h8-13,15-16,21,28H,6-7,14H2,1-5H3,(H,25,30)(H,26,29). The third kappa shape index (κ3) is 6.55. The molecule has 180 valence electrons. The first kappa shape index (κ1) is 26.3. The van der Waals surface area contributed by atoms with Crippen molar-refractivity contribution in [3.8, 4) is 5.75 Å². The molecule has 2 rings (SSSR count). The van der Waals surface area contributed by atoms with E-state index in [1.807, 2.05) is 32.9 Å². The van der Waals surface area contributed by atoms with Crippen LogP contribution in [0.5, 0.6) is 5.75 Å². The summed E-state index contributed by atoms with van der Waals surface area (Å²) < 4.78 is 27.0. The number of phenolic OH excluding ortho intramolecular Hbond substituents is 1. The predicted octanol–water partition coefficient (Wildman–Crippen LogP) is 3.51. The van der Waals surface area contributed by atoms with Gasteiger partial charge in [0.1, 0.15) is 11.8 Å². The van der Waals surface area contributed by atoms with E-state index >= 15 is 0 Å². The Morgan fingerprint density at radius 2 is 1.70 bits per heavy atom. The number of amides is 2. The molecule has 33 heavy (non-hydrogen) atoms. The van der Waals surface area contributed by atoms with Crippen LogP contribution >= 0.6 is 0 Å². The largest absolute Gasteiger partial charge is 0.506 e. The Labute approximate surface area is 196 Å². The second-order valence-corrected chi connectivity index (χ2v) is 10.2. The number of hydrogen-bond acceptors (Lipinski definition) is 5. The summed E-state index contributed by atoms with van der Waals surface area (Å²) in [7, 11) is -3.77. The van der Waals surface area contributed by atoms with Gasteiger partial charge >= 0.3 is 0 Å². The van der Waals surface area contributed by atoms with Crippen molar-refractivity contribution in [3.63, 3.8) is 0 Å². The molecule has 2 aromatic rings. The molecule has 3 N–H and O–H groups in total. The summed E-state index contributed by atoms with van der Waals surface area (Å²) in [5.41, 5.74) is 1.21. The van der Waals surface area contributed by atoms with Crippen molar-refractivity contribution in [1.82, 2.24) is 9.62 Å². The molecule has 0 saturated carbocycles. The molecule has 0 spiro atoms. The highest BCUT2D eigenvalue weighted by Crippen LogP contribution is 2.28. The summed E-state index contributed by atoms with van der Waals surface area (Å²) in [5, 5.41) is 15.6. The topological polar surface area (TPSA) is 116 Å². The Morgan fingerprint density at radius 3 is 2.27 bits per heavy atom. The monoisotopic (exact) mass is 475 g/mol. The molecule has 0 saturated heterocycles. The molecule has 8 nitrogen and oxygen atoms in total. The van der Waals surface area contributed by atoms with Gasteiger partial charge in [-0.25, -0.2) is 8.42 Å². The molecule has 0 aromatic heterocycles. The lowest BCUT2D eigenvalue weighted by Crippen LogP contribution is -2.44. The van der Waals surface area contributed by atoms with Crippen molar-refractivity contribution < 1.29 is 23.1 Å². The average Bonchev–Trinajstić information content (AvgIpc) is 2.75. The number of benzene rings is 2. The zero-order valence-electron chi connectivity index (χ0n) is 19.8. The van der Waals surface area contributed by atoms with Gasteiger partial charge < -0.3 is 15.7 Å². The van der Waals surface area contributed by atoms with Gasteiger partial charge in [-0.3, -0.25) is 9.59 Å². The molecule has 0 bridgehead atoms. The summed E-state index contributed by atoms with van der Waals surface area (Å²) in [5.74, 6) is -1.09. The highest BCUT2D eigenvalue weighted by atomic mass is 32.2. The second-order valence-electron chi connectivity index (χ2n) is 8.23. The average molecular weight is 476 g/mol. The van der Waals surface area contributed by atoms with Gasteiger partial charge in [0.25, 0.3) is 5.91 Å². The smallest absolute Gasteiger partial charge is 0.252 e. The molecule has 2 aromatic carbocycles. The van der Waals surface area contributed by atoms with Crippen LogP contribution in [0.3, 0.4) is 0 Å². The van der Waals surface area contributed by atoms with E-state index in [1.165, 1.54) is 22.5 Å². The van der Waals surface area contributed by atoms with Crippen molar-refractivity contribution in [2.45, 2.75) is 52.0 Å². The van der Waals surface area contributed by atoms with Crippen LogP contribution in [-0.2, 0) is 14.8 Å². The number of sulfonamides is 1. The quantitative estimate of drug-likeness (QED) is 0.455. The SMILES string of the molecule is CCN(CC)S(=O)(=O)c1ccc(O)c(NC(=O)C(CC(C)C)NC(=O)c2ccccc2C)c1. The number of hydrogen-bond donors (Lipinski definition) is 3. The van der Waals surface area contributed by atoms with E-state index in [1.54, 1.807) is 26.0 Å². The highest BCUT2D eigenvalue weighted by Gasteiger charge is 2.26. The summed E-state index contributed by atoms with van der Waals surface area (Å²) in [4.78, 5) is 25.8. The van der Waals surface area contributed by atoms with E-state index in [9.17, 15) is 23.1 Å². The number of aromatic hydroxyl groups is 1. The summed E-state index contributed by atoms with van der Waals surface area (Å²) >= 11 is 0. The lowest BCUT2D eigenvalue weighted by Gasteiger charge is -2.22. The Morgan fingerprint density at radius 1 is 1.06 bits per heavy atom. The summed E-state index contributed by atoms with van der Waals surface area (Å²) in [6.07, 6.45) is 0.363. The Kier molecular flexibility index (Phi) is 9.01. The first-order valence-electron chi connectivity index (χ1n) is 11.0. The minimum Gasteiger partial charge on any atom is -0.506 e.